The molecule has 0 fully saturated rings. The van der Waals surface area contributed by atoms with Crippen molar-refractivity contribution in [3.63, 3.8) is 0 Å². The molecule has 0 N–H and O–H groups in total. The van der Waals surface area contributed by atoms with Crippen molar-refractivity contribution in [2.24, 2.45) is 0 Å². The van der Waals surface area contributed by atoms with Crippen LogP contribution in [0.3, 0.4) is 0 Å². The smallest absolute Gasteiger partial charge is 0.207 e. The van der Waals surface area contributed by atoms with Crippen LogP contribution in [0.2, 0.25) is 0 Å². The Balaban J connectivity index is 2.22. The molecule has 26 heavy (non-hydrogen) atoms. The molecular formula is C23H29FN2+2. The summed E-state index contributed by atoms with van der Waals surface area (Å²) in [5, 5.41) is 0. The zero-order valence-corrected chi connectivity index (χ0v) is 16.6. The van der Waals surface area contributed by atoms with E-state index in [1.54, 1.807) is 12.1 Å². The van der Waals surface area contributed by atoms with Gasteiger partial charge in [-0.05, 0) is 42.0 Å². The summed E-state index contributed by atoms with van der Waals surface area (Å²) >= 11 is 0. The lowest BCUT2D eigenvalue weighted by molar-refractivity contribution is -0.954. The van der Waals surface area contributed by atoms with Gasteiger partial charge in [0.05, 0.1) is 6.08 Å². The highest BCUT2D eigenvalue weighted by Crippen LogP contribution is 2.39. The van der Waals surface area contributed by atoms with Crippen LogP contribution >= 0.6 is 0 Å². The van der Waals surface area contributed by atoms with Crippen molar-refractivity contribution in [1.82, 2.24) is 0 Å². The highest BCUT2D eigenvalue weighted by Gasteiger charge is 2.40. The molecule has 1 aliphatic rings. The Morgan fingerprint density at radius 1 is 0.962 bits per heavy atom. The molecule has 2 aromatic carbocycles. The van der Waals surface area contributed by atoms with Crippen molar-refractivity contribution in [1.29, 1.82) is 0 Å². The minimum atomic E-state index is -0.192. The summed E-state index contributed by atoms with van der Waals surface area (Å²) in [6.07, 6.45) is 4.35. The number of azo groups is 4. The first-order valence-electron chi connectivity index (χ1n) is 9.40. The van der Waals surface area contributed by atoms with E-state index in [-0.39, 0.29) is 11.9 Å². The van der Waals surface area contributed by atoms with Crippen LogP contribution in [0.5, 0.6) is 0 Å². The third kappa shape index (κ3) is 3.23. The Hall–Kier alpha value is -2.29. The van der Waals surface area contributed by atoms with Crippen molar-refractivity contribution in [3.8, 4) is 0 Å². The second-order valence-corrected chi connectivity index (χ2v) is 7.79. The predicted octanol–water partition coefficient (Wildman–Crippen LogP) is 6.39. The Morgan fingerprint density at radius 2 is 1.58 bits per heavy atom. The Labute approximate surface area is 156 Å². The van der Waals surface area contributed by atoms with E-state index in [2.05, 4.69) is 67.6 Å². The lowest BCUT2D eigenvalue weighted by Crippen LogP contribution is -2.19. The highest BCUT2D eigenvalue weighted by atomic mass is 19.1. The van der Waals surface area contributed by atoms with Crippen LogP contribution < -0.4 is 0 Å². The van der Waals surface area contributed by atoms with Gasteiger partial charge in [0, 0.05) is 26.6 Å². The van der Waals surface area contributed by atoms with E-state index in [1.165, 1.54) is 16.7 Å². The van der Waals surface area contributed by atoms with E-state index in [9.17, 15) is 4.39 Å². The fourth-order valence-electron chi connectivity index (χ4n) is 3.92. The topological polar surface area (TPSA) is 6.02 Å². The zero-order valence-electron chi connectivity index (χ0n) is 16.6. The molecule has 0 saturated heterocycles. The molecule has 0 aliphatic carbocycles. The molecule has 0 aromatic heterocycles. The van der Waals surface area contributed by atoms with E-state index >= 15 is 0 Å². The van der Waals surface area contributed by atoms with Gasteiger partial charge in [0.15, 0.2) is 0 Å². The number of hydrogen-bond donors (Lipinski definition) is 0. The van der Waals surface area contributed by atoms with Crippen molar-refractivity contribution >= 4 is 5.69 Å². The summed E-state index contributed by atoms with van der Waals surface area (Å²) < 4.78 is 18.0. The van der Waals surface area contributed by atoms with Gasteiger partial charge in [0.1, 0.15) is 5.82 Å². The van der Waals surface area contributed by atoms with Gasteiger partial charge in [-0.2, -0.15) is 0 Å². The first-order chi connectivity index (χ1) is 12.3. The average molecular weight is 352 g/mol. The fourth-order valence-corrected chi connectivity index (χ4v) is 3.92. The molecule has 3 heteroatoms. The normalized spacial score (nSPS) is 17.0. The minimum Gasteiger partial charge on any atom is -0.207 e. The monoisotopic (exact) mass is 352 g/mol. The maximum atomic E-state index is 13.6. The van der Waals surface area contributed by atoms with Gasteiger partial charge in [-0.25, -0.2) is 4.39 Å². The van der Waals surface area contributed by atoms with E-state index in [0.717, 1.165) is 11.3 Å². The van der Waals surface area contributed by atoms with Crippen molar-refractivity contribution < 1.29 is 13.8 Å². The van der Waals surface area contributed by atoms with Crippen LogP contribution in [-0.2, 0) is 0 Å². The van der Waals surface area contributed by atoms with E-state index in [1.807, 2.05) is 20.0 Å². The summed E-state index contributed by atoms with van der Waals surface area (Å²) in [5.74, 6) is 0.696. The van der Waals surface area contributed by atoms with E-state index in [4.69, 9.17) is 0 Å². The Bertz CT molecular complexity index is 865. The second-order valence-electron chi connectivity index (χ2n) is 7.79. The molecule has 0 bridgehead atoms. The number of benzene rings is 2. The van der Waals surface area contributed by atoms with Crippen LogP contribution in [-0.4, -0.2) is 16.4 Å². The van der Waals surface area contributed by atoms with Crippen LogP contribution in [0.15, 0.2) is 48.7 Å². The van der Waals surface area contributed by atoms with Gasteiger partial charge in [0.25, 0.3) is 11.7 Å². The number of nitrogens with zero attached hydrogens (tertiary/aromatic N) is 2. The SMILES string of the molecule is Cc1cc(F)ccc1[N+]1=[N+](C)C=CC1c1c(C(C)C)cccc1C(C)C. The minimum absolute atomic E-state index is 0.111. The molecule has 2 aromatic rings. The van der Waals surface area contributed by atoms with E-state index < -0.39 is 0 Å². The van der Waals surface area contributed by atoms with Crippen LogP contribution in [0, 0.1) is 12.7 Å². The fraction of sp³-hybridized carbons (Fsp3) is 0.391. The molecule has 0 saturated carbocycles. The Kier molecular flexibility index (Phi) is 5.08. The number of halogens is 1. The maximum Gasteiger partial charge on any atom is 0.274 e. The van der Waals surface area contributed by atoms with Gasteiger partial charge in [-0.15, -0.1) is 0 Å². The van der Waals surface area contributed by atoms with Crippen molar-refractivity contribution in [2.45, 2.75) is 52.5 Å². The summed E-state index contributed by atoms with van der Waals surface area (Å²) in [6.45, 7) is 11.0. The first-order valence-corrected chi connectivity index (χ1v) is 9.40. The molecule has 0 spiro atoms. The molecule has 1 heterocycles. The van der Waals surface area contributed by atoms with Crippen molar-refractivity contribution in [3.05, 3.63) is 76.7 Å². The molecule has 1 unspecified atom stereocenters. The molecule has 2 nitrogen and oxygen atoms in total. The molecular weight excluding hydrogens is 323 g/mol. The molecule has 1 aliphatic heterocycles. The van der Waals surface area contributed by atoms with Gasteiger partial charge in [-0.3, -0.25) is 0 Å². The molecule has 1 atom stereocenters. The first kappa shape index (κ1) is 18.5. The van der Waals surface area contributed by atoms with Gasteiger partial charge in [-0.1, -0.05) is 45.9 Å². The quantitative estimate of drug-likeness (QED) is 0.563. The summed E-state index contributed by atoms with van der Waals surface area (Å²) in [6, 6.07) is 11.8. The number of aryl methyl sites for hydroxylation is 1. The Morgan fingerprint density at radius 3 is 2.12 bits per heavy atom. The van der Waals surface area contributed by atoms with E-state index in [0.29, 0.717) is 11.8 Å². The number of rotatable bonds is 4. The summed E-state index contributed by atoms with van der Waals surface area (Å²) in [7, 11) is 2.05. The molecule has 0 radical (unpaired) electrons. The summed E-state index contributed by atoms with van der Waals surface area (Å²) in [5.41, 5.74) is 6.12. The van der Waals surface area contributed by atoms with Gasteiger partial charge in [0.2, 0.25) is 13.2 Å². The largest absolute Gasteiger partial charge is 0.274 e. The van der Waals surface area contributed by atoms with Crippen LogP contribution in [0.4, 0.5) is 10.1 Å². The number of hydrogen-bond acceptors (Lipinski definition) is 0. The zero-order chi connectivity index (χ0) is 19.0. The third-order valence-corrected chi connectivity index (χ3v) is 5.21. The second kappa shape index (κ2) is 7.14. The van der Waals surface area contributed by atoms with Gasteiger partial charge < -0.3 is 0 Å². The lowest BCUT2D eigenvalue weighted by atomic mass is 9.85. The standard InChI is InChI=1S/C23H29FN2/c1-15(2)19-8-7-9-20(16(3)4)23(19)22-12-13-25(6)26(22)21-11-10-18(24)14-17(21)5/h7-16,22H,1-6H3/q+2. The molecule has 136 valence electrons. The maximum absolute atomic E-state index is 13.6. The average Bonchev–Trinajstić information content (AvgIpc) is 2.95. The third-order valence-electron chi connectivity index (χ3n) is 5.21. The molecule has 0 amide bonds. The summed E-state index contributed by atoms with van der Waals surface area (Å²) in [4.78, 5) is 0. The van der Waals surface area contributed by atoms with Gasteiger partial charge >= 0.3 is 0 Å². The highest BCUT2D eigenvalue weighted by molar-refractivity contribution is 5.44. The lowest BCUT2D eigenvalue weighted by Gasteiger charge is -2.20. The predicted molar refractivity (Wildman–Crippen MR) is 104 cm³/mol. The van der Waals surface area contributed by atoms with Crippen LogP contribution in [0.25, 0.3) is 0 Å². The molecule has 3 rings (SSSR count). The van der Waals surface area contributed by atoms with Crippen LogP contribution in [0.1, 0.15) is 67.8 Å². The van der Waals surface area contributed by atoms with Crippen molar-refractivity contribution in [2.75, 3.05) is 7.05 Å².